The summed E-state index contributed by atoms with van der Waals surface area (Å²) in [6.45, 7) is 5.99. The van der Waals surface area contributed by atoms with Gasteiger partial charge < -0.3 is 13.9 Å². The minimum absolute atomic E-state index is 0.0558. The number of benzene rings is 1. The molecule has 5 heteroatoms. The summed E-state index contributed by atoms with van der Waals surface area (Å²) >= 11 is 0. The summed E-state index contributed by atoms with van der Waals surface area (Å²) in [5.41, 5.74) is 2.31. The van der Waals surface area contributed by atoms with Gasteiger partial charge in [-0.25, -0.2) is 9.59 Å². The van der Waals surface area contributed by atoms with Crippen LogP contribution in [-0.4, -0.2) is 19.7 Å². The van der Waals surface area contributed by atoms with Gasteiger partial charge in [0, 0.05) is 11.1 Å². The Bertz CT molecular complexity index is 983. The monoisotopic (exact) mass is 366 g/mol. The second kappa shape index (κ2) is 7.66. The molecule has 1 aliphatic carbocycles. The third-order valence-electron chi connectivity index (χ3n) is 4.46. The molecule has 0 saturated heterocycles. The van der Waals surface area contributed by atoms with Gasteiger partial charge in [0.25, 0.3) is 0 Å². The van der Waals surface area contributed by atoms with Crippen LogP contribution in [0.1, 0.15) is 42.6 Å². The van der Waals surface area contributed by atoms with Crippen molar-refractivity contribution in [3.63, 3.8) is 0 Å². The molecule has 1 aromatic carbocycles. The average molecular weight is 366 g/mol. The van der Waals surface area contributed by atoms with Gasteiger partial charge in [0.05, 0.1) is 13.7 Å². The molecule has 0 atom stereocenters. The number of furan rings is 1. The first-order valence-electron chi connectivity index (χ1n) is 8.88. The van der Waals surface area contributed by atoms with E-state index in [-0.39, 0.29) is 18.1 Å². The van der Waals surface area contributed by atoms with E-state index in [1.807, 2.05) is 42.5 Å². The third-order valence-corrected chi connectivity index (χ3v) is 4.46. The Morgan fingerprint density at radius 3 is 2.37 bits per heavy atom. The van der Waals surface area contributed by atoms with Crippen LogP contribution in [0, 0.1) is 0 Å². The maximum Gasteiger partial charge on any atom is 0.351 e. The molecule has 0 unspecified atom stereocenters. The van der Waals surface area contributed by atoms with Crippen molar-refractivity contribution >= 4 is 5.97 Å². The van der Waals surface area contributed by atoms with Crippen molar-refractivity contribution in [2.24, 2.45) is 0 Å². The molecule has 0 bridgehead atoms. The van der Waals surface area contributed by atoms with Gasteiger partial charge in [-0.3, -0.25) is 0 Å². The van der Waals surface area contributed by atoms with Crippen LogP contribution in [-0.2, 0) is 4.74 Å². The maximum atomic E-state index is 12.4. The van der Waals surface area contributed by atoms with Crippen LogP contribution in [0.3, 0.4) is 0 Å². The Kier molecular flexibility index (Phi) is 5.31. The lowest BCUT2D eigenvalue weighted by atomic mass is 10.0. The second-order valence-corrected chi connectivity index (χ2v) is 6.50. The fraction of sp³-hybridized carbons (Fsp3) is 0.273. The standard InChI is InChI=1S/C22H22O5/c1-5-26-21(23)19-18-12-15(13(2)3)8-11-17(20(18)27-22(19)24)14-6-9-16(25-4)10-7-14/h6-13H,5H2,1-4H3. The van der Waals surface area contributed by atoms with Crippen molar-refractivity contribution in [2.45, 2.75) is 26.7 Å². The van der Waals surface area contributed by atoms with Gasteiger partial charge in [-0.05, 0) is 42.2 Å². The van der Waals surface area contributed by atoms with E-state index in [2.05, 4.69) is 13.8 Å². The smallest absolute Gasteiger partial charge is 0.351 e. The lowest BCUT2D eigenvalue weighted by Gasteiger charge is -2.05. The summed E-state index contributed by atoms with van der Waals surface area (Å²) in [4.78, 5) is 24.8. The summed E-state index contributed by atoms with van der Waals surface area (Å²) in [5, 5.41) is 0. The highest BCUT2D eigenvalue weighted by atomic mass is 16.5. The Hall–Kier alpha value is -3.08. The van der Waals surface area contributed by atoms with Crippen LogP contribution in [0.25, 0.3) is 22.5 Å². The van der Waals surface area contributed by atoms with Gasteiger partial charge in [-0.1, -0.05) is 38.1 Å². The highest BCUT2D eigenvalue weighted by molar-refractivity contribution is 5.99. The number of hydrogen-bond acceptors (Lipinski definition) is 5. The molecule has 1 aromatic rings. The highest BCUT2D eigenvalue weighted by Gasteiger charge is 2.27. The van der Waals surface area contributed by atoms with Crippen LogP contribution >= 0.6 is 0 Å². The summed E-state index contributed by atoms with van der Waals surface area (Å²) in [5.74, 6) is 0.654. The minimum atomic E-state index is -0.681. The van der Waals surface area contributed by atoms with E-state index in [9.17, 15) is 9.59 Å². The first kappa shape index (κ1) is 18.7. The van der Waals surface area contributed by atoms with Crippen molar-refractivity contribution in [1.82, 2.24) is 0 Å². The quantitative estimate of drug-likeness (QED) is 0.611. The number of fused-ring (bicyclic) bond motifs is 1. The molecule has 3 rings (SSSR count). The zero-order valence-corrected chi connectivity index (χ0v) is 15.9. The maximum absolute atomic E-state index is 12.4. The molecule has 1 heterocycles. The van der Waals surface area contributed by atoms with E-state index in [4.69, 9.17) is 13.9 Å². The van der Waals surface area contributed by atoms with E-state index < -0.39 is 11.6 Å². The number of carbonyl (C=O) groups is 1. The number of ether oxygens (including phenoxy) is 2. The van der Waals surface area contributed by atoms with Crippen LogP contribution in [0.15, 0.2) is 51.7 Å². The van der Waals surface area contributed by atoms with Crippen LogP contribution in [0.5, 0.6) is 5.75 Å². The predicted molar refractivity (Wildman–Crippen MR) is 104 cm³/mol. The normalized spacial score (nSPS) is 11.0. The van der Waals surface area contributed by atoms with Crippen molar-refractivity contribution in [3.05, 3.63) is 64.0 Å². The first-order chi connectivity index (χ1) is 13.0. The van der Waals surface area contributed by atoms with E-state index in [0.717, 1.165) is 22.4 Å². The molecule has 140 valence electrons. The Balaban J connectivity index is 2.27. The van der Waals surface area contributed by atoms with Crippen molar-refractivity contribution in [3.8, 4) is 28.2 Å². The molecule has 2 aliphatic rings. The molecule has 0 spiro atoms. The second-order valence-electron chi connectivity index (χ2n) is 6.50. The molecular weight excluding hydrogens is 344 g/mol. The Labute approximate surface area is 157 Å². The number of rotatable bonds is 5. The number of methoxy groups -OCH3 is 1. The van der Waals surface area contributed by atoms with Crippen LogP contribution in [0.2, 0.25) is 0 Å². The van der Waals surface area contributed by atoms with E-state index >= 15 is 0 Å². The average Bonchev–Trinajstić information content (AvgIpc) is 2.85. The van der Waals surface area contributed by atoms with E-state index in [1.165, 1.54) is 0 Å². The van der Waals surface area contributed by atoms with Crippen LogP contribution in [0.4, 0.5) is 0 Å². The zero-order valence-electron chi connectivity index (χ0n) is 15.9. The summed E-state index contributed by atoms with van der Waals surface area (Å²) in [6, 6.07) is 13.2. The molecule has 5 nitrogen and oxygen atoms in total. The highest BCUT2D eigenvalue weighted by Crippen LogP contribution is 2.37. The number of carbonyl (C=O) groups excluding carboxylic acids is 1. The molecule has 1 aliphatic heterocycles. The molecule has 0 radical (unpaired) electrons. The Morgan fingerprint density at radius 1 is 1.07 bits per heavy atom. The molecule has 0 amide bonds. The molecule has 0 saturated carbocycles. The largest absolute Gasteiger partial charge is 0.497 e. The third kappa shape index (κ3) is 3.58. The van der Waals surface area contributed by atoms with Gasteiger partial charge >= 0.3 is 11.6 Å². The zero-order chi connectivity index (χ0) is 19.6. The summed E-state index contributed by atoms with van der Waals surface area (Å²) < 4.78 is 15.8. The fourth-order valence-electron chi connectivity index (χ4n) is 2.98. The topological polar surface area (TPSA) is 65.7 Å². The first-order valence-corrected chi connectivity index (χ1v) is 8.88. The van der Waals surface area contributed by atoms with Gasteiger partial charge in [-0.2, -0.15) is 0 Å². The van der Waals surface area contributed by atoms with Crippen LogP contribution < -0.4 is 10.4 Å². The van der Waals surface area contributed by atoms with Crippen molar-refractivity contribution < 1.29 is 18.7 Å². The number of hydrogen-bond donors (Lipinski definition) is 0. The van der Waals surface area contributed by atoms with E-state index in [0.29, 0.717) is 11.3 Å². The Morgan fingerprint density at radius 2 is 1.78 bits per heavy atom. The predicted octanol–water partition coefficient (Wildman–Crippen LogP) is 4.72. The lowest BCUT2D eigenvalue weighted by molar-refractivity contribution is 0.0524. The SMILES string of the molecule is CCOC(=O)c1c2cc(C(C)C)ccc(-c3ccc(OC)cc3)c-2oc1=O. The van der Waals surface area contributed by atoms with Gasteiger partial charge in [0.2, 0.25) is 0 Å². The van der Waals surface area contributed by atoms with Gasteiger partial charge in [0.1, 0.15) is 11.5 Å². The van der Waals surface area contributed by atoms with Crippen molar-refractivity contribution in [2.75, 3.05) is 13.7 Å². The fourth-order valence-corrected chi connectivity index (χ4v) is 2.98. The lowest BCUT2D eigenvalue weighted by Crippen LogP contribution is -2.13. The molecule has 0 fully saturated rings. The summed E-state index contributed by atoms with van der Waals surface area (Å²) in [7, 11) is 1.60. The number of esters is 1. The van der Waals surface area contributed by atoms with Gasteiger partial charge in [0.15, 0.2) is 5.56 Å². The summed E-state index contributed by atoms with van der Waals surface area (Å²) in [6.07, 6.45) is 0. The molecule has 27 heavy (non-hydrogen) atoms. The molecular formula is C22H22O5. The van der Waals surface area contributed by atoms with Gasteiger partial charge in [-0.15, -0.1) is 0 Å². The minimum Gasteiger partial charge on any atom is -0.497 e. The van der Waals surface area contributed by atoms with E-state index in [1.54, 1.807) is 14.0 Å². The van der Waals surface area contributed by atoms with Crippen molar-refractivity contribution in [1.29, 1.82) is 0 Å². The molecule has 0 N–H and O–H groups in total. The molecule has 0 aromatic heterocycles.